The monoisotopic (exact) mass is 205 g/mol. The Labute approximate surface area is 90.9 Å². The molecule has 2 atom stereocenters. The molecule has 0 spiro atoms. The third-order valence-electron chi connectivity index (χ3n) is 4.00. The van der Waals surface area contributed by atoms with E-state index in [0.29, 0.717) is 0 Å². The largest absolute Gasteiger partial charge is 0.332 e. The molecule has 0 bridgehead atoms. The second-order valence-corrected chi connectivity index (χ2v) is 4.90. The number of imidazole rings is 1. The van der Waals surface area contributed by atoms with Gasteiger partial charge < -0.3 is 9.88 Å². The highest BCUT2D eigenvalue weighted by Gasteiger charge is 2.28. The Bertz CT molecular complexity index is 350. The van der Waals surface area contributed by atoms with E-state index in [1.165, 1.54) is 50.3 Å². The SMILES string of the molecule is Cc1ncc2n1CCC(C1CCCN1)C2. The molecule has 3 rings (SSSR count). The highest BCUT2D eigenvalue weighted by molar-refractivity contribution is 5.09. The Morgan fingerprint density at radius 1 is 1.47 bits per heavy atom. The molecule has 82 valence electrons. The molecule has 0 aliphatic carbocycles. The predicted octanol–water partition coefficient (Wildman–Crippen LogP) is 1.51. The fourth-order valence-corrected chi connectivity index (χ4v) is 3.11. The molecule has 2 aliphatic rings. The van der Waals surface area contributed by atoms with Crippen LogP contribution >= 0.6 is 0 Å². The zero-order valence-corrected chi connectivity index (χ0v) is 9.37. The normalized spacial score (nSPS) is 30.5. The van der Waals surface area contributed by atoms with Crippen molar-refractivity contribution in [3.63, 3.8) is 0 Å². The minimum Gasteiger partial charge on any atom is -0.332 e. The molecule has 1 aromatic heterocycles. The van der Waals surface area contributed by atoms with Crippen LogP contribution in [0.2, 0.25) is 0 Å². The maximum Gasteiger partial charge on any atom is 0.105 e. The minimum absolute atomic E-state index is 0.772. The summed E-state index contributed by atoms with van der Waals surface area (Å²) in [4.78, 5) is 4.40. The number of hydrogen-bond donors (Lipinski definition) is 1. The zero-order valence-electron chi connectivity index (χ0n) is 9.37. The van der Waals surface area contributed by atoms with E-state index in [-0.39, 0.29) is 0 Å². The van der Waals surface area contributed by atoms with Crippen molar-refractivity contribution in [1.29, 1.82) is 0 Å². The van der Waals surface area contributed by atoms with Crippen molar-refractivity contribution in [2.75, 3.05) is 6.54 Å². The van der Waals surface area contributed by atoms with Gasteiger partial charge in [-0.25, -0.2) is 4.98 Å². The summed E-state index contributed by atoms with van der Waals surface area (Å²) in [6, 6.07) is 0.772. The number of aromatic nitrogens is 2. The summed E-state index contributed by atoms with van der Waals surface area (Å²) in [5.41, 5.74) is 1.44. The highest BCUT2D eigenvalue weighted by atomic mass is 15.1. The first kappa shape index (κ1) is 9.40. The summed E-state index contributed by atoms with van der Waals surface area (Å²) in [5.74, 6) is 2.03. The molecule has 0 saturated carbocycles. The molecule has 15 heavy (non-hydrogen) atoms. The predicted molar refractivity (Wildman–Crippen MR) is 59.8 cm³/mol. The van der Waals surface area contributed by atoms with Crippen LogP contribution in [-0.4, -0.2) is 22.1 Å². The Kier molecular flexibility index (Phi) is 2.28. The number of hydrogen-bond acceptors (Lipinski definition) is 2. The van der Waals surface area contributed by atoms with Crippen LogP contribution in [0.5, 0.6) is 0 Å². The van der Waals surface area contributed by atoms with Crippen LogP contribution in [0.15, 0.2) is 6.20 Å². The van der Waals surface area contributed by atoms with Gasteiger partial charge in [-0.2, -0.15) is 0 Å². The third kappa shape index (κ3) is 1.59. The van der Waals surface area contributed by atoms with Crippen molar-refractivity contribution < 1.29 is 0 Å². The van der Waals surface area contributed by atoms with Crippen molar-refractivity contribution in [3.05, 3.63) is 17.7 Å². The summed E-state index contributed by atoms with van der Waals surface area (Å²) in [7, 11) is 0. The first-order valence-electron chi connectivity index (χ1n) is 6.09. The first-order valence-corrected chi connectivity index (χ1v) is 6.09. The second kappa shape index (κ2) is 3.63. The standard InChI is InChI=1S/C12H19N3/c1-9-14-8-11-7-10(4-6-15(9)11)12-3-2-5-13-12/h8,10,12-13H,2-7H2,1H3. The molecule has 1 N–H and O–H groups in total. The van der Waals surface area contributed by atoms with Gasteiger partial charge in [0, 0.05) is 24.5 Å². The van der Waals surface area contributed by atoms with Crippen molar-refractivity contribution >= 4 is 0 Å². The van der Waals surface area contributed by atoms with Crippen LogP contribution in [0.4, 0.5) is 0 Å². The van der Waals surface area contributed by atoms with E-state index in [9.17, 15) is 0 Å². The molecule has 1 aromatic rings. The van der Waals surface area contributed by atoms with Gasteiger partial charge in [0.05, 0.1) is 0 Å². The van der Waals surface area contributed by atoms with Crippen molar-refractivity contribution in [1.82, 2.24) is 14.9 Å². The Hall–Kier alpha value is -0.830. The van der Waals surface area contributed by atoms with Gasteiger partial charge in [0.15, 0.2) is 0 Å². The van der Waals surface area contributed by atoms with E-state index in [4.69, 9.17) is 0 Å². The highest BCUT2D eigenvalue weighted by Crippen LogP contribution is 2.27. The van der Waals surface area contributed by atoms with Gasteiger partial charge in [-0.1, -0.05) is 0 Å². The average molecular weight is 205 g/mol. The summed E-state index contributed by atoms with van der Waals surface area (Å²) < 4.78 is 2.38. The Morgan fingerprint density at radius 3 is 3.20 bits per heavy atom. The number of nitrogens with zero attached hydrogens (tertiary/aromatic N) is 2. The van der Waals surface area contributed by atoms with Crippen LogP contribution in [-0.2, 0) is 13.0 Å². The lowest BCUT2D eigenvalue weighted by Crippen LogP contribution is -2.35. The van der Waals surface area contributed by atoms with E-state index in [1.54, 1.807) is 0 Å². The lowest BCUT2D eigenvalue weighted by atomic mass is 9.88. The molecule has 2 unspecified atom stereocenters. The molecule has 0 radical (unpaired) electrons. The minimum atomic E-state index is 0.772. The first-order chi connectivity index (χ1) is 7.34. The van der Waals surface area contributed by atoms with E-state index in [1.807, 2.05) is 0 Å². The topological polar surface area (TPSA) is 29.9 Å². The van der Waals surface area contributed by atoms with Crippen molar-refractivity contribution in [3.8, 4) is 0 Å². The Morgan fingerprint density at radius 2 is 2.40 bits per heavy atom. The van der Waals surface area contributed by atoms with Crippen LogP contribution in [0.3, 0.4) is 0 Å². The lowest BCUT2D eigenvalue weighted by molar-refractivity contribution is 0.309. The molecule has 0 amide bonds. The van der Waals surface area contributed by atoms with E-state index in [0.717, 1.165) is 12.0 Å². The van der Waals surface area contributed by atoms with Gasteiger partial charge in [0.2, 0.25) is 0 Å². The van der Waals surface area contributed by atoms with Crippen LogP contribution in [0, 0.1) is 12.8 Å². The summed E-state index contributed by atoms with van der Waals surface area (Å²) in [5, 5.41) is 3.63. The van der Waals surface area contributed by atoms with Crippen LogP contribution in [0.25, 0.3) is 0 Å². The molecular formula is C12H19N3. The molecule has 2 aliphatic heterocycles. The summed E-state index contributed by atoms with van der Waals surface area (Å²) >= 11 is 0. The van der Waals surface area contributed by atoms with Crippen LogP contribution < -0.4 is 5.32 Å². The zero-order chi connectivity index (χ0) is 10.3. The van der Waals surface area contributed by atoms with E-state index >= 15 is 0 Å². The number of aryl methyl sites for hydroxylation is 1. The fraction of sp³-hybridized carbons (Fsp3) is 0.750. The van der Waals surface area contributed by atoms with Gasteiger partial charge in [-0.15, -0.1) is 0 Å². The molecular weight excluding hydrogens is 186 g/mol. The quantitative estimate of drug-likeness (QED) is 0.753. The van der Waals surface area contributed by atoms with Crippen LogP contribution in [0.1, 0.15) is 30.8 Å². The van der Waals surface area contributed by atoms with E-state index in [2.05, 4.69) is 28.0 Å². The maximum absolute atomic E-state index is 4.40. The maximum atomic E-state index is 4.40. The summed E-state index contributed by atoms with van der Waals surface area (Å²) in [6.07, 6.45) is 7.34. The Balaban J connectivity index is 1.77. The van der Waals surface area contributed by atoms with Gasteiger partial charge in [0.1, 0.15) is 5.82 Å². The van der Waals surface area contributed by atoms with Gasteiger partial charge in [-0.05, 0) is 45.1 Å². The van der Waals surface area contributed by atoms with Gasteiger partial charge in [-0.3, -0.25) is 0 Å². The molecule has 3 nitrogen and oxygen atoms in total. The molecule has 1 fully saturated rings. The lowest BCUT2D eigenvalue weighted by Gasteiger charge is -2.29. The van der Waals surface area contributed by atoms with Crippen molar-refractivity contribution in [2.24, 2.45) is 5.92 Å². The van der Waals surface area contributed by atoms with E-state index < -0.39 is 0 Å². The summed E-state index contributed by atoms with van der Waals surface area (Å²) in [6.45, 7) is 4.50. The number of nitrogens with one attached hydrogen (secondary N) is 1. The fourth-order valence-electron chi connectivity index (χ4n) is 3.11. The van der Waals surface area contributed by atoms with Gasteiger partial charge >= 0.3 is 0 Å². The molecule has 0 aromatic carbocycles. The molecule has 3 heterocycles. The third-order valence-corrected chi connectivity index (χ3v) is 4.00. The molecule has 3 heteroatoms. The molecule has 1 saturated heterocycles. The average Bonchev–Trinajstić information content (AvgIpc) is 2.88. The number of fused-ring (bicyclic) bond motifs is 1. The van der Waals surface area contributed by atoms with Crippen molar-refractivity contribution in [2.45, 2.75) is 45.2 Å². The van der Waals surface area contributed by atoms with Gasteiger partial charge in [0.25, 0.3) is 0 Å². The smallest absolute Gasteiger partial charge is 0.105 e. The number of rotatable bonds is 1. The second-order valence-electron chi connectivity index (χ2n) is 4.90.